The highest BCUT2D eigenvalue weighted by Gasteiger charge is 2.31. The summed E-state index contributed by atoms with van der Waals surface area (Å²) in [7, 11) is 0. The highest BCUT2D eigenvalue weighted by Crippen LogP contribution is 2.34. The molecule has 0 aromatic heterocycles. The first-order valence-corrected chi connectivity index (χ1v) is 9.51. The molecule has 1 amide bonds. The molecule has 1 heterocycles. The molecule has 0 spiro atoms. The number of amides is 1. The zero-order valence-corrected chi connectivity index (χ0v) is 15.6. The van der Waals surface area contributed by atoms with Crippen LogP contribution >= 0.6 is 23.4 Å². The maximum absolute atomic E-state index is 12.4. The molecule has 26 heavy (non-hydrogen) atoms. The molecule has 5 nitrogen and oxygen atoms in total. The third-order valence-electron chi connectivity index (χ3n) is 4.20. The van der Waals surface area contributed by atoms with Crippen molar-refractivity contribution >= 4 is 40.9 Å². The average Bonchev–Trinajstić information content (AvgIpc) is 3.07. The van der Waals surface area contributed by atoms with Crippen molar-refractivity contribution in [1.29, 1.82) is 0 Å². The second-order valence-corrected chi connectivity index (χ2v) is 7.62. The molecular formula is C19H19ClN2O3S. The first-order chi connectivity index (χ1) is 12.5. The van der Waals surface area contributed by atoms with Crippen LogP contribution in [0.3, 0.4) is 0 Å². The van der Waals surface area contributed by atoms with Gasteiger partial charge in [-0.25, -0.2) is 0 Å². The standard InChI is InChI=1S/C19H19ClN2O3S/c20-13-7-9-14(10-8-13)26-17-6-2-1-4-15(17)21-18(23)12-22-11-3-5-16(22)19(24)25/h1-2,4,6-10,16H,3,5,11-12H2,(H,21,23)(H,24,25). The van der Waals surface area contributed by atoms with Crippen LogP contribution in [-0.4, -0.2) is 41.0 Å². The van der Waals surface area contributed by atoms with E-state index in [0.29, 0.717) is 23.7 Å². The van der Waals surface area contributed by atoms with Gasteiger partial charge >= 0.3 is 5.97 Å². The first kappa shape index (κ1) is 18.8. The van der Waals surface area contributed by atoms with E-state index in [1.807, 2.05) is 48.5 Å². The molecule has 0 saturated carbocycles. The number of carbonyl (C=O) groups excluding carboxylic acids is 1. The number of rotatable bonds is 6. The van der Waals surface area contributed by atoms with Gasteiger partial charge < -0.3 is 10.4 Å². The van der Waals surface area contributed by atoms with Crippen LogP contribution in [0.5, 0.6) is 0 Å². The van der Waals surface area contributed by atoms with Crippen LogP contribution in [0.4, 0.5) is 5.69 Å². The number of likely N-dealkylation sites (tertiary alicyclic amines) is 1. The molecule has 0 aliphatic carbocycles. The molecule has 1 atom stereocenters. The molecule has 1 unspecified atom stereocenters. The van der Waals surface area contributed by atoms with E-state index in [1.165, 1.54) is 11.8 Å². The molecule has 1 fully saturated rings. The lowest BCUT2D eigenvalue weighted by Gasteiger charge is -2.20. The Morgan fingerprint density at radius 1 is 1.19 bits per heavy atom. The van der Waals surface area contributed by atoms with E-state index in [-0.39, 0.29) is 12.5 Å². The van der Waals surface area contributed by atoms with Gasteiger partial charge in [0.2, 0.25) is 5.91 Å². The Morgan fingerprint density at radius 3 is 2.65 bits per heavy atom. The summed E-state index contributed by atoms with van der Waals surface area (Å²) in [5, 5.41) is 12.8. The Hall–Kier alpha value is -2.02. The van der Waals surface area contributed by atoms with Crippen molar-refractivity contribution in [3.8, 4) is 0 Å². The van der Waals surface area contributed by atoms with E-state index in [2.05, 4.69) is 5.32 Å². The highest BCUT2D eigenvalue weighted by atomic mass is 35.5. The van der Waals surface area contributed by atoms with Crippen LogP contribution < -0.4 is 5.32 Å². The number of para-hydroxylation sites is 1. The van der Waals surface area contributed by atoms with Gasteiger partial charge in [-0.15, -0.1) is 0 Å². The van der Waals surface area contributed by atoms with Gasteiger partial charge in [0.1, 0.15) is 6.04 Å². The highest BCUT2D eigenvalue weighted by molar-refractivity contribution is 7.99. The SMILES string of the molecule is O=C(CN1CCCC1C(=O)O)Nc1ccccc1Sc1ccc(Cl)cc1. The Balaban J connectivity index is 1.67. The summed E-state index contributed by atoms with van der Waals surface area (Å²) in [6.07, 6.45) is 1.39. The third-order valence-corrected chi connectivity index (χ3v) is 5.53. The summed E-state index contributed by atoms with van der Waals surface area (Å²) >= 11 is 7.45. The Bertz CT molecular complexity index is 798. The lowest BCUT2D eigenvalue weighted by molar-refractivity contribution is -0.142. The van der Waals surface area contributed by atoms with Gasteiger partial charge in [-0.3, -0.25) is 14.5 Å². The third kappa shape index (κ3) is 4.78. The summed E-state index contributed by atoms with van der Waals surface area (Å²) in [5.41, 5.74) is 0.712. The molecule has 3 rings (SSSR count). The summed E-state index contributed by atoms with van der Waals surface area (Å²) in [5.74, 6) is -1.07. The lowest BCUT2D eigenvalue weighted by atomic mass is 10.2. The van der Waals surface area contributed by atoms with E-state index >= 15 is 0 Å². The number of nitrogens with zero attached hydrogens (tertiary/aromatic N) is 1. The minimum atomic E-state index is -0.867. The molecule has 2 N–H and O–H groups in total. The van der Waals surface area contributed by atoms with E-state index in [4.69, 9.17) is 11.6 Å². The fourth-order valence-corrected chi connectivity index (χ4v) is 3.99. The number of carbonyl (C=O) groups is 2. The molecule has 7 heteroatoms. The molecule has 0 radical (unpaired) electrons. The predicted molar refractivity (Wildman–Crippen MR) is 103 cm³/mol. The smallest absolute Gasteiger partial charge is 0.320 e. The summed E-state index contributed by atoms with van der Waals surface area (Å²) in [4.78, 5) is 27.3. The van der Waals surface area contributed by atoms with Crippen LogP contribution in [0.1, 0.15) is 12.8 Å². The fourth-order valence-electron chi connectivity index (χ4n) is 2.96. The molecule has 2 aromatic carbocycles. The Kier molecular flexibility index (Phi) is 6.19. The van der Waals surface area contributed by atoms with Gasteiger partial charge in [-0.1, -0.05) is 35.5 Å². The van der Waals surface area contributed by atoms with E-state index in [0.717, 1.165) is 16.2 Å². The van der Waals surface area contributed by atoms with Crippen molar-refractivity contribution in [1.82, 2.24) is 4.90 Å². The quantitative estimate of drug-likeness (QED) is 0.780. The maximum Gasteiger partial charge on any atom is 0.320 e. The summed E-state index contributed by atoms with van der Waals surface area (Å²) in [6, 6.07) is 14.5. The van der Waals surface area contributed by atoms with Crippen LogP contribution in [0.25, 0.3) is 0 Å². The Morgan fingerprint density at radius 2 is 1.92 bits per heavy atom. The second-order valence-electron chi connectivity index (χ2n) is 6.07. The van der Waals surface area contributed by atoms with Gasteiger partial charge in [0.05, 0.1) is 12.2 Å². The number of benzene rings is 2. The molecule has 2 aromatic rings. The van der Waals surface area contributed by atoms with Crippen molar-refractivity contribution in [2.75, 3.05) is 18.4 Å². The zero-order valence-electron chi connectivity index (χ0n) is 14.0. The molecule has 0 bridgehead atoms. The number of nitrogens with one attached hydrogen (secondary N) is 1. The normalized spacial score (nSPS) is 17.2. The van der Waals surface area contributed by atoms with Crippen LogP contribution in [0, 0.1) is 0 Å². The molecule has 1 saturated heterocycles. The molecule has 1 aliphatic rings. The monoisotopic (exact) mass is 390 g/mol. The van der Waals surface area contributed by atoms with Crippen molar-refractivity contribution in [2.24, 2.45) is 0 Å². The molecule has 136 valence electrons. The molecular weight excluding hydrogens is 372 g/mol. The van der Waals surface area contributed by atoms with E-state index in [9.17, 15) is 14.7 Å². The van der Waals surface area contributed by atoms with Gasteiger partial charge in [0, 0.05) is 14.8 Å². The van der Waals surface area contributed by atoms with Crippen LogP contribution in [-0.2, 0) is 9.59 Å². The minimum absolute atomic E-state index is 0.0803. The average molecular weight is 391 g/mol. The van der Waals surface area contributed by atoms with E-state index < -0.39 is 12.0 Å². The summed E-state index contributed by atoms with van der Waals surface area (Å²) in [6.45, 7) is 0.711. The first-order valence-electron chi connectivity index (χ1n) is 8.32. The van der Waals surface area contributed by atoms with Crippen LogP contribution in [0.15, 0.2) is 58.3 Å². The number of aliphatic carboxylic acids is 1. The predicted octanol–water partition coefficient (Wildman–Crippen LogP) is 3.98. The lowest BCUT2D eigenvalue weighted by Crippen LogP contribution is -2.40. The van der Waals surface area contributed by atoms with Gasteiger partial charge in [0.25, 0.3) is 0 Å². The number of halogens is 1. The van der Waals surface area contributed by atoms with Crippen LogP contribution in [0.2, 0.25) is 5.02 Å². The van der Waals surface area contributed by atoms with E-state index in [1.54, 1.807) is 4.90 Å². The van der Waals surface area contributed by atoms with Crippen molar-refractivity contribution in [2.45, 2.75) is 28.7 Å². The Labute approximate surface area is 161 Å². The largest absolute Gasteiger partial charge is 0.480 e. The van der Waals surface area contributed by atoms with Gasteiger partial charge in [-0.05, 0) is 55.8 Å². The molecule has 1 aliphatic heterocycles. The number of carboxylic acids is 1. The van der Waals surface area contributed by atoms with Gasteiger partial charge in [-0.2, -0.15) is 0 Å². The number of hydrogen-bond acceptors (Lipinski definition) is 4. The summed E-state index contributed by atoms with van der Waals surface area (Å²) < 4.78 is 0. The number of anilines is 1. The van der Waals surface area contributed by atoms with Gasteiger partial charge in [0.15, 0.2) is 0 Å². The maximum atomic E-state index is 12.4. The number of hydrogen-bond donors (Lipinski definition) is 2. The van der Waals surface area contributed by atoms with Crippen molar-refractivity contribution < 1.29 is 14.7 Å². The topological polar surface area (TPSA) is 69.6 Å². The minimum Gasteiger partial charge on any atom is -0.480 e. The zero-order chi connectivity index (χ0) is 18.5. The van der Waals surface area contributed by atoms with Crippen molar-refractivity contribution in [3.63, 3.8) is 0 Å². The fraction of sp³-hybridized carbons (Fsp3) is 0.263. The van der Waals surface area contributed by atoms with Crippen molar-refractivity contribution in [3.05, 3.63) is 53.6 Å². The number of carboxylic acid groups (broad SMARTS) is 1. The second kappa shape index (κ2) is 8.58.